The summed E-state index contributed by atoms with van der Waals surface area (Å²) in [6.45, 7) is 24.8. The molecule has 0 radical (unpaired) electrons. The molecule has 184 valence electrons. The van der Waals surface area contributed by atoms with Crippen LogP contribution >= 0.6 is 19.9 Å². The van der Waals surface area contributed by atoms with Gasteiger partial charge in [0.1, 0.15) is 0 Å². The van der Waals surface area contributed by atoms with Gasteiger partial charge in [-0.2, -0.15) is 0 Å². The lowest BCUT2D eigenvalue weighted by molar-refractivity contribution is 0.824. The van der Waals surface area contributed by atoms with Crippen molar-refractivity contribution in [3.05, 3.63) is 82.7 Å². The minimum absolute atomic E-state index is 0.377. The maximum Gasteiger partial charge on any atom is 0.393 e. The zero-order valence-electron chi connectivity index (χ0n) is 22.4. The quantitative estimate of drug-likeness (QED) is 0.216. The smallest absolute Gasteiger partial charge is 0.338 e. The first-order valence-corrected chi connectivity index (χ1v) is 17.2. The second-order valence-electron chi connectivity index (χ2n) is 10.8. The van der Waals surface area contributed by atoms with Crippen LogP contribution in [0.15, 0.2) is 60.4 Å². The molecule has 0 aliphatic carbocycles. The van der Waals surface area contributed by atoms with Crippen LogP contribution in [-0.2, 0) is 0 Å². The first kappa shape index (κ1) is 27.1. The molecule has 1 heterocycles. The highest BCUT2D eigenvalue weighted by Gasteiger charge is 2.49. The van der Waals surface area contributed by atoms with Crippen molar-refractivity contribution in [2.45, 2.75) is 86.0 Å². The predicted molar refractivity (Wildman–Crippen MR) is 158 cm³/mol. The SMILES string of the molecule is C=C1C=C(C)N(c2c(C(C)C)cccc2C(C)C)[Si@@](P)(Cl)N1c1c(C(C)C)cccc1C(C)C. The van der Waals surface area contributed by atoms with Crippen LogP contribution in [0.3, 0.4) is 0 Å². The molecule has 0 amide bonds. The zero-order chi connectivity index (χ0) is 25.5. The molecule has 0 bridgehead atoms. The minimum Gasteiger partial charge on any atom is -0.338 e. The number of hydrogen-bond acceptors (Lipinski definition) is 2. The number of halogens is 1. The number of rotatable bonds is 6. The van der Waals surface area contributed by atoms with Crippen LogP contribution in [-0.4, -0.2) is 7.37 Å². The number of hydrogen-bond donors (Lipinski definition) is 0. The van der Waals surface area contributed by atoms with Gasteiger partial charge in [-0.3, -0.25) is 0 Å². The normalized spacial score (nSPS) is 19.1. The molecule has 0 fully saturated rings. The molecule has 1 unspecified atom stereocenters. The highest BCUT2D eigenvalue weighted by atomic mass is 35.6. The van der Waals surface area contributed by atoms with Crippen molar-refractivity contribution in [3.63, 3.8) is 0 Å². The summed E-state index contributed by atoms with van der Waals surface area (Å²) in [5.41, 5.74) is 9.94. The summed E-state index contributed by atoms with van der Waals surface area (Å²) in [5.74, 6) is 1.53. The molecule has 2 aromatic carbocycles. The van der Waals surface area contributed by atoms with Gasteiger partial charge < -0.3 is 9.13 Å². The lowest BCUT2D eigenvalue weighted by Gasteiger charge is -2.51. The third-order valence-corrected chi connectivity index (χ3v) is 11.7. The fourth-order valence-corrected chi connectivity index (χ4v) is 10.6. The van der Waals surface area contributed by atoms with Crippen molar-refractivity contribution in [2.75, 3.05) is 9.13 Å². The van der Waals surface area contributed by atoms with Crippen LogP contribution in [0.4, 0.5) is 11.4 Å². The molecule has 5 heteroatoms. The summed E-state index contributed by atoms with van der Waals surface area (Å²) >= 11 is 7.82. The maximum atomic E-state index is 7.82. The highest BCUT2D eigenvalue weighted by Crippen LogP contribution is 2.50. The Morgan fingerprint density at radius 3 is 1.35 bits per heavy atom. The summed E-state index contributed by atoms with van der Waals surface area (Å²) in [4.78, 5) is 0. The second kappa shape index (κ2) is 10.2. The second-order valence-corrected chi connectivity index (χ2v) is 18.1. The van der Waals surface area contributed by atoms with Crippen molar-refractivity contribution in [1.82, 2.24) is 0 Å². The lowest BCUT2D eigenvalue weighted by atomic mass is 9.92. The van der Waals surface area contributed by atoms with Gasteiger partial charge in [0.05, 0.1) is 0 Å². The molecule has 0 saturated heterocycles. The van der Waals surface area contributed by atoms with E-state index in [1.807, 2.05) is 0 Å². The molecule has 0 spiro atoms. The standard InChI is InChI=1S/C29H42ClN2PSi/c1-18(2)24-13-11-14-25(19(3)4)28(24)31-22(9)17-23(10)32(34(31,30)33)29-26(20(5)6)15-12-16-27(29)21(7)8/h11-21H,9,33H2,1-8,10H3/t34-/m1/s1. The molecule has 3 rings (SSSR count). The Hall–Kier alpha value is -1.54. The molecule has 2 atom stereocenters. The maximum absolute atomic E-state index is 7.82. The summed E-state index contributed by atoms with van der Waals surface area (Å²) in [6, 6.07) is 13.4. The average molecular weight is 513 g/mol. The van der Waals surface area contributed by atoms with Gasteiger partial charge in [-0.15, -0.1) is 11.1 Å². The monoisotopic (exact) mass is 512 g/mol. The molecule has 34 heavy (non-hydrogen) atoms. The molecule has 1 aliphatic rings. The van der Waals surface area contributed by atoms with E-state index in [2.05, 4.69) is 129 Å². The van der Waals surface area contributed by atoms with Gasteiger partial charge in [0, 0.05) is 22.8 Å². The van der Waals surface area contributed by atoms with Crippen molar-refractivity contribution >= 4 is 38.6 Å². The van der Waals surface area contributed by atoms with E-state index < -0.39 is 7.37 Å². The van der Waals surface area contributed by atoms with Crippen LogP contribution in [0.5, 0.6) is 0 Å². The Morgan fingerprint density at radius 1 is 0.706 bits per heavy atom. The Labute approximate surface area is 216 Å². The molecular weight excluding hydrogens is 471 g/mol. The Bertz CT molecular complexity index is 1050. The number of nitrogens with zero attached hydrogens (tertiary/aromatic N) is 2. The van der Waals surface area contributed by atoms with Crippen LogP contribution in [0, 0.1) is 0 Å². The van der Waals surface area contributed by atoms with Gasteiger partial charge in [-0.05, 0) is 58.9 Å². The van der Waals surface area contributed by atoms with E-state index in [1.54, 1.807) is 0 Å². The van der Waals surface area contributed by atoms with Gasteiger partial charge in [0.15, 0.2) is 0 Å². The predicted octanol–water partition coefficient (Wildman–Crippen LogP) is 9.47. The fraction of sp³-hybridized carbons (Fsp3) is 0.448. The van der Waals surface area contributed by atoms with E-state index in [4.69, 9.17) is 11.1 Å². The van der Waals surface area contributed by atoms with Gasteiger partial charge >= 0.3 is 7.37 Å². The van der Waals surface area contributed by atoms with E-state index in [0.29, 0.717) is 23.7 Å². The number of benzene rings is 2. The Morgan fingerprint density at radius 2 is 1.03 bits per heavy atom. The largest absolute Gasteiger partial charge is 0.393 e. The summed E-state index contributed by atoms with van der Waals surface area (Å²) in [7, 11) is 0.231. The van der Waals surface area contributed by atoms with Crippen molar-refractivity contribution in [1.29, 1.82) is 0 Å². The third-order valence-electron chi connectivity index (χ3n) is 6.77. The molecule has 0 N–H and O–H groups in total. The van der Waals surface area contributed by atoms with Crippen molar-refractivity contribution in [3.8, 4) is 0 Å². The van der Waals surface area contributed by atoms with Crippen LogP contribution in [0.2, 0.25) is 0 Å². The van der Waals surface area contributed by atoms with Gasteiger partial charge in [-0.1, -0.05) is 107 Å². The van der Waals surface area contributed by atoms with Crippen molar-refractivity contribution in [2.24, 2.45) is 0 Å². The fourth-order valence-electron chi connectivity index (χ4n) is 5.09. The molecule has 2 nitrogen and oxygen atoms in total. The lowest BCUT2D eigenvalue weighted by Crippen LogP contribution is -2.60. The molecule has 2 aromatic rings. The van der Waals surface area contributed by atoms with Crippen LogP contribution in [0.1, 0.15) is 108 Å². The van der Waals surface area contributed by atoms with E-state index in [9.17, 15) is 0 Å². The van der Waals surface area contributed by atoms with E-state index in [-0.39, 0.29) is 0 Å². The molecule has 0 saturated carbocycles. The molecule has 1 aliphatic heterocycles. The van der Waals surface area contributed by atoms with Crippen LogP contribution < -0.4 is 9.13 Å². The van der Waals surface area contributed by atoms with Crippen molar-refractivity contribution < 1.29 is 0 Å². The molecule has 0 aromatic heterocycles. The minimum atomic E-state index is -2.88. The van der Waals surface area contributed by atoms with E-state index >= 15 is 0 Å². The van der Waals surface area contributed by atoms with Gasteiger partial charge in [0.25, 0.3) is 0 Å². The number of para-hydroxylation sites is 2. The first-order chi connectivity index (χ1) is 15.8. The third kappa shape index (κ3) is 4.77. The number of allylic oxidation sites excluding steroid dienone is 2. The van der Waals surface area contributed by atoms with Gasteiger partial charge in [-0.25, -0.2) is 0 Å². The molecular formula is C29H42ClN2PSi. The summed E-state index contributed by atoms with van der Waals surface area (Å²) in [5, 5.41) is 0. The number of anilines is 2. The topological polar surface area (TPSA) is 6.48 Å². The van der Waals surface area contributed by atoms with E-state index in [0.717, 1.165) is 11.4 Å². The van der Waals surface area contributed by atoms with Gasteiger partial charge in [0.2, 0.25) is 0 Å². The summed E-state index contributed by atoms with van der Waals surface area (Å²) < 4.78 is 4.82. The highest BCUT2D eigenvalue weighted by molar-refractivity contribution is 7.82. The van der Waals surface area contributed by atoms with E-state index in [1.165, 1.54) is 33.6 Å². The summed E-state index contributed by atoms with van der Waals surface area (Å²) in [6.07, 6.45) is 2.21. The Kier molecular flexibility index (Phi) is 8.12. The average Bonchev–Trinajstić information content (AvgIpc) is 2.72. The Balaban J connectivity index is 2.38. The first-order valence-electron chi connectivity index (χ1n) is 12.5. The van der Waals surface area contributed by atoms with Crippen LogP contribution in [0.25, 0.3) is 0 Å². The zero-order valence-corrected chi connectivity index (χ0v) is 25.3.